The summed E-state index contributed by atoms with van der Waals surface area (Å²) in [4.78, 5) is 27.4. The number of hydrogen-bond donors (Lipinski definition) is 1. The molecule has 0 spiro atoms. The molecule has 0 fully saturated rings. The minimum Gasteiger partial charge on any atom is -0.354 e. The first-order chi connectivity index (χ1) is 17.0. The zero-order chi connectivity index (χ0) is 26.9. The molecule has 0 heterocycles. The van der Waals surface area contributed by atoms with Crippen LogP contribution in [0.1, 0.15) is 56.2 Å². The summed E-state index contributed by atoms with van der Waals surface area (Å²) in [5, 5.41) is 2.83. The van der Waals surface area contributed by atoms with Gasteiger partial charge in [0.15, 0.2) is 0 Å². The van der Waals surface area contributed by atoms with Gasteiger partial charge in [-0.3, -0.25) is 13.9 Å². The minimum atomic E-state index is -3.58. The predicted octanol–water partition coefficient (Wildman–Crippen LogP) is 4.32. The van der Waals surface area contributed by atoms with Crippen molar-refractivity contribution in [3.05, 3.63) is 65.0 Å². The lowest BCUT2D eigenvalue weighted by atomic mass is 10.1. The quantitative estimate of drug-likeness (QED) is 0.399. The van der Waals surface area contributed by atoms with E-state index in [2.05, 4.69) is 5.32 Å². The van der Waals surface area contributed by atoms with E-state index in [1.807, 2.05) is 26.8 Å². The highest BCUT2D eigenvalue weighted by Crippen LogP contribution is 2.25. The van der Waals surface area contributed by atoms with Crippen molar-refractivity contribution in [1.82, 2.24) is 10.2 Å². The van der Waals surface area contributed by atoms with E-state index in [9.17, 15) is 22.4 Å². The topological polar surface area (TPSA) is 86.8 Å². The molecular formula is C27H38FN3O4S. The fraction of sp³-hybridized carbons (Fsp3) is 0.481. The van der Waals surface area contributed by atoms with Gasteiger partial charge >= 0.3 is 0 Å². The largest absolute Gasteiger partial charge is 0.354 e. The highest BCUT2D eigenvalue weighted by Gasteiger charge is 2.27. The maximum Gasteiger partial charge on any atom is 0.242 e. The van der Waals surface area contributed by atoms with Crippen LogP contribution in [-0.4, -0.2) is 50.5 Å². The maximum absolute atomic E-state index is 14.4. The lowest BCUT2D eigenvalue weighted by Crippen LogP contribution is -2.48. The van der Waals surface area contributed by atoms with E-state index in [0.29, 0.717) is 17.8 Å². The third-order valence-corrected chi connectivity index (χ3v) is 7.47. The Morgan fingerprint density at radius 1 is 1.06 bits per heavy atom. The van der Waals surface area contributed by atoms with Crippen LogP contribution < -0.4 is 9.62 Å². The first-order valence-electron chi connectivity index (χ1n) is 12.3. The number of nitrogens with zero attached hydrogens (tertiary/aromatic N) is 2. The molecule has 0 bridgehead atoms. The molecule has 0 aliphatic rings. The van der Waals surface area contributed by atoms with Gasteiger partial charge in [0.2, 0.25) is 21.8 Å². The van der Waals surface area contributed by atoms with Crippen molar-refractivity contribution in [1.29, 1.82) is 0 Å². The molecule has 1 atom stereocenters. The van der Waals surface area contributed by atoms with Gasteiger partial charge in [0.25, 0.3) is 0 Å². The maximum atomic E-state index is 14.4. The molecule has 0 saturated carbocycles. The number of amides is 2. The standard InChI is InChI=1S/C27H38FN3O4S/c1-6-7-17-29-27(33)22(4)30(19-23-13-8-9-14-24(23)28)26(32)16-11-18-31(36(5,34)35)25-15-10-12-20(2)21(25)3/h8-10,12-15,22H,6-7,11,16-19H2,1-5H3,(H,29,33)/t22-/m1/s1. The zero-order valence-electron chi connectivity index (χ0n) is 21.9. The van der Waals surface area contributed by atoms with Crippen molar-refractivity contribution in [3.63, 3.8) is 0 Å². The molecule has 2 rings (SSSR count). The molecular weight excluding hydrogens is 481 g/mol. The third-order valence-electron chi connectivity index (χ3n) is 6.29. The lowest BCUT2D eigenvalue weighted by Gasteiger charge is -2.30. The molecule has 2 aromatic rings. The Balaban J connectivity index is 2.19. The third kappa shape index (κ3) is 8.05. The Labute approximate surface area is 214 Å². The summed E-state index contributed by atoms with van der Waals surface area (Å²) < 4.78 is 40.8. The average molecular weight is 520 g/mol. The second kappa shape index (κ2) is 13.4. The summed E-state index contributed by atoms with van der Waals surface area (Å²) in [6, 6.07) is 10.8. The molecule has 7 nitrogen and oxygen atoms in total. The van der Waals surface area contributed by atoms with Gasteiger partial charge in [-0.25, -0.2) is 12.8 Å². The number of carbonyl (C=O) groups is 2. The summed E-state index contributed by atoms with van der Waals surface area (Å²) >= 11 is 0. The van der Waals surface area contributed by atoms with E-state index in [1.54, 1.807) is 37.3 Å². The van der Waals surface area contributed by atoms with E-state index < -0.39 is 21.9 Å². The summed E-state index contributed by atoms with van der Waals surface area (Å²) in [6.45, 7) is 7.97. The van der Waals surface area contributed by atoms with Gasteiger partial charge in [0.1, 0.15) is 11.9 Å². The van der Waals surface area contributed by atoms with Gasteiger partial charge in [-0.1, -0.05) is 43.7 Å². The first-order valence-corrected chi connectivity index (χ1v) is 14.2. The van der Waals surface area contributed by atoms with Crippen LogP contribution in [0, 0.1) is 19.7 Å². The fourth-order valence-corrected chi connectivity index (χ4v) is 4.93. The van der Waals surface area contributed by atoms with Gasteiger partial charge in [0, 0.05) is 31.6 Å². The number of sulfonamides is 1. The van der Waals surface area contributed by atoms with Crippen molar-refractivity contribution in [2.45, 2.75) is 66.0 Å². The Kier molecular flexibility index (Phi) is 10.9. The molecule has 36 heavy (non-hydrogen) atoms. The monoisotopic (exact) mass is 519 g/mol. The van der Waals surface area contributed by atoms with E-state index in [1.165, 1.54) is 15.3 Å². The molecule has 0 saturated heterocycles. The molecule has 198 valence electrons. The van der Waals surface area contributed by atoms with Gasteiger partial charge in [-0.15, -0.1) is 0 Å². The number of benzene rings is 2. The van der Waals surface area contributed by atoms with Crippen LogP contribution in [0.3, 0.4) is 0 Å². The SMILES string of the molecule is CCCCNC(=O)[C@@H](C)N(Cc1ccccc1F)C(=O)CCCN(c1cccc(C)c1C)S(C)(=O)=O. The first kappa shape index (κ1) is 29.3. The van der Waals surface area contributed by atoms with Crippen LogP contribution >= 0.6 is 0 Å². The summed E-state index contributed by atoms with van der Waals surface area (Å²) in [5.74, 6) is -1.10. The Morgan fingerprint density at radius 2 is 1.75 bits per heavy atom. The molecule has 0 aliphatic heterocycles. The van der Waals surface area contributed by atoms with Crippen LogP contribution in [0.15, 0.2) is 42.5 Å². The highest BCUT2D eigenvalue weighted by molar-refractivity contribution is 7.92. The van der Waals surface area contributed by atoms with Crippen LogP contribution in [0.5, 0.6) is 0 Å². The summed E-state index contributed by atoms with van der Waals surface area (Å²) in [6.07, 6.45) is 3.14. The molecule has 2 aromatic carbocycles. The van der Waals surface area contributed by atoms with Crippen molar-refractivity contribution >= 4 is 27.5 Å². The second-order valence-corrected chi connectivity index (χ2v) is 11.0. The lowest BCUT2D eigenvalue weighted by molar-refractivity contribution is -0.140. The van der Waals surface area contributed by atoms with Crippen LogP contribution in [0.25, 0.3) is 0 Å². The van der Waals surface area contributed by atoms with E-state index >= 15 is 0 Å². The Morgan fingerprint density at radius 3 is 2.39 bits per heavy atom. The van der Waals surface area contributed by atoms with E-state index in [4.69, 9.17) is 0 Å². The molecule has 0 unspecified atom stereocenters. The van der Waals surface area contributed by atoms with E-state index in [-0.39, 0.29) is 37.7 Å². The van der Waals surface area contributed by atoms with Gasteiger partial charge in [0.05, 0.1) is 11.9 Å². The van der Waals surface area contributed by atoms with Crippen LogP contribution in [-0.2, 0) is 26.2 Å². The second-order valence-electron chi connectivity index (χ2n) is 9.09. The highest BCUT2D eigenvalue weighted by atomic mass is 32.2. The average Bonchev–Trinajstić information content (AvgIpc) is 2.82. The molecule has 0 radical (unpaired) electrons. The minimum absolute atomic E-state index is 0.0118. The fourth-order valence-electron chi connectivity index (χ4n) is 3.92. The Hall–Kier alpha value is -2.94. The smallest absolute Gasteiger partial charge is 0.242 e. The van der Waals surface area contributed by atoms with Gasteiger partial charge in [-0.2, -0.15) is 0 Å². The number of rotatable bonds is 13. The summed E-state index contributed by atoms with van der Waals surface area (Å²) in [7, 11) is -3.58. The van der Waals surface area contributed by atoms with Crippen LogP contribution in [0.4, 0.5) is 10.1 Å². The molecule has 1 N–H and O–H groups in total. The molecule has 2 amide bonds. The number of halogens is 1. The number of unbranched alkanes of at least 4 members (excludes halogenated alkanes) is 1. The van der Waals surface area contributed by atoms with Crippen LogP contribution in [0.2, 0.25) is 0 Å². The molecule has 9 heteroatoms. The zero-order valence-corrected chi connectivity index (χ0v) is 22.7. The predicted molar refractivity (Wildman–Crippen MR) is 142 cm³/mol. The van der Waals surface area contributed by atoms with Gasteiger partial charge < -0.3 is 10.2 Å². The number of carbonyl (C=O) groups excluding carboxylic acids is 2. The van der Waals surface area contributed by atoms with Gasteiger partial charge in [-0.05, 0) is 56.9 Å². The number of anilines is 1. The normalized spacial score (nSPS) is 12.2. The summed E-state index contributed by atoms with van der Waals surface area (Å²) in [5.41, 5.74) is 2.72. The Bertz CT molecular complexity index is 1150. The number of hydrogen-bond acceptors (Lipinski definition) is 4. The molecule has 0 aliphatic carbocycles. The van der Waals surface area contributed by atoms with Crippen molar-refractivity contribution in [2.24, 2.45) is 0 Å². The van der Waals surface area contributed by atoms with Crippen molar-refractivity contribution in [2.75, 3.05) is 23.7 Å². The number of aryl methyl sites for hydroxylation is 1. The molecule has 0 aromatic heterocycles. The van der Waals surface area contributed by atoms with E-state index in [0.717, 1.165) is 30.2 Å². The van der Waals surface area contributed by atoms with Crippen molar-refractivity contribution in [3.8, 4) is 0 Å². The van der Waals surface area contributed by atoms with Crippen molar-refractivity contribution < 1.29 is 22.4 Å². The number of nitrogens with one attached hydrogen (secondary N) is 1.